The summed E-state index contributed by atoms with van der Waals surface area (Å²) in [6.45, 7) is 0.480. The Bertz CT molecular complexity index is 384. The summed E-state index contributed by atoms with van der Waals surface area (Å²) < 4.78 is 5.11. The van der Waals surface area contributed by atoms with E-state index in [1.807, 2.05) is 24.3 Å². The monoisotopic (exact) mass is 233 g/mol. The first-order chi connectivity index (χ1) is 8.31. The summed E-state index contributed by atoms with van der Waals surface area (Å²) in [7, 11) is 1.64. The lowest BCUT2D eigenvalue weighted by Crippen LogP contribution is -2.33. The van der Waals surface area contributed by atoms with Crippen molar-refractivity contribution in [1.29, 1.82) is 0 Å². The third-order valence-electron chi connectivity index (χ3n) is 3.25. The van der Waals surface area contributed by atoms with Crippen LogP contribution in [0.3, 0.4) is 0 Å². The highest BCUT2D eigenvalue weighted by Gasteiger charge is 2.19. The third kappa shape index (κ3) is 3.07. The van der Waals surface area contributed by atoms with Crippen LogP contribution < -0.4 is 5.32 Å². The summed E-state index contributed by atoms with van der Waals surface area (Å²) >= 11 is 0. The van der Waals surface area contributed by atoms with Gasteiger partial charge in [-0.3, -0.25) is 4.79 Å². The number of rotatable bonds is 4. The molecular weight excluding hydrogens is 214 g/mol. The van der Waals surface area contributed by atoms with Crippen molar-refractivity contribution in [2.24, 2.45) is 0 Å². The number of nitrogens with one attached hydrogen (secondary N) is 1. The Balaban J connectivity index is 2.06. The summed E-state index contributed by atoms with van der Waals surface area (Å²) in [5, 5.41) is 3.10. The van der Waals surface area contributed by atoms with E-state index in [9.17, 15) is 4.79 Å². The van der Waals surface area contributed by atoms with Crippen molar-refractivity contribution in [3.8, 4) is 0 Å². The normalized spacial score (nSPS) is 16.1. The molecule has 0 atom stereocenters. The van der Waals surface area contributed by atoms with Gasteiger partial charge < -0.3 is 10.1 Å². The van der Waals surface area contributed by atoms with Crippen LogP contribution in [0.4, 0.5) is 0 Å². The summed E-state index contributed by atoms with van der Waals surface area (Å²) in [5.74, 6) is 0.0320. The largest absolute Gasteiger partial charge is 0.380 e. The van der Waals surface area contributed by atoms with Gasteiger partial charge in [0, 0.05) is 18.7 Å². The molecule has 0 unspecified atom stereocenters. The minimum Gasteiger partial charge on any atom is -0.380 e. The Kier molecular flexibility index (Phi) is 4.15. The van der Waals surface area contributed by atoms with Gasteiger partial charge in [-0.05, 0) is 24.5 Å². The van der Waals surface area contributed by atoms with E-state index in [2.05, 4.69) is 5.32 Å². The molecular formula is C14H19NO2. The third-order valence-corrected chi connectivity index (χ3v) is 3.25. The zero-order valence-corrected chi connectivity index (χ0v) is 10.2. The molecule has 17 heavy (non-hydrogen) atoms. The second-order valence-corrected chi connectivity index (χ2v) is 4.55. The molecule has 1 aliphatic rings. The first-order valence-electron chi connectivity index (χ1n) is 6.19. The van der Waals surface area contributed by atoms with E-state index in [-0.39, 0.29) is 5.91 Å². The molecule has 2 rings (SSSR count). The van der Waals surface area contributed by atoms with Crippen molar-refractivity contribution < 1.29 is 9.53 Å². The van der Waals surface area contributed by atoms with Crippen LogP contribution in [-0.2, 0) is 11.3 Å². The van der Waals surface area contributed by atoms with Gasteiger partial charge in [-0.2, -0.15) is 0 Å². The van der Waals surface area contributed by atoms with E-state index >= 15 is 0 Å². The zero-order chi connectivity index (χ0) is 12.1. The van der Waals surface area contributed by atoms with Crippen LogP contribution in [0.25, 0.3) is 0 Å². The molecule has 0 aromatic heterocycles. The van der Waals surface area contributed by atoms with Gasteiger partial charge >= 0.3 is 0 Å². The first kappa shape index (κ1) is 12.1. The molecule has 1 aromatic rings. The van der Waals surface area contributed by atoms with Crippen LogP contribution in [0, 0.1) is 0 Å². The Morgan fingerprint density at radius 3 is 2.76 bits per heavy atom. The van der Waals surface area contributed by atoms with Gasteiger partial charge in [0.2, 0.25) is 0 Å². The smallest absolute Gasteiger partial charge is 0.251 e. The molecule has 3 heteroatoms. The molecule has 0 aliphatic heterocycles. The van der Waals surface area contributed by atoms with Gasteiger partial charge in [0.25, 0.3) is 5.91 Å². The molecule has 92 valence electrons. The van der Waals surface area contributed by atoms with E-state index in [4.69, 9.17) is 4.74 Å². The minimum atomic E-state index is 0.0320. The fourth-order valence-electron chi connectivity index (χ4n) is 2.36. The Morgan fingerprint density at radius 2 is 2.06 bits per heavy atom. The van der Waals surface area contributed by atoms with Crippen molar-refractivity contribution in [3.05, 3.63) is 35.4 Å². The average molecular weight is 233 g/mol. The summed E-state index contributed by atoms with van der Waals surface area (Å²) in [4.78, 5) is 12.1. The number of carbonyl (C=O) groups excluding carboxylic acids is 1. The van der Waals surface area contributed by atoms with Gasteiger partial charge in [0.05, 0.1) is 6.61 Å². The maximum Gasteiger partial charge on any atom is 0.251 e. The molecule has 0 radical (unpaired) electrons. The molecule has 0 heterocycles. The number of ether oxygens (including phenoxy) is 1. The molecule has 1 N–H and O–H groups in total. The topological polar surface area (TPSA) is 38.3 Å². The minimum absolute atomic E-state index is 0.0320. The number of methoxy groups -OCH3 is 1. The highest BCUT2D eigenvalue weighted by molar-refractivity contribution is 5.95. The second kappa shape index (κ2) is 5.82. The van der Waals surface area contributed by atoms with Crippen molar-refractivity contribution in [2.45, 2.75) is 38.3 Å². The quantitative estimate of drug-likeness (QED) is 0.867. The van der Waals surface area contributed by atoms with Crippen LogP contribution in [0.1, 0.15) is 41.6 Å². The molecule has 0 bridgehead atoms. The molecule has 0 spiro atoms. The maximum atomic E-state index is 12.1. The lowest BCUT2D eigenvalue weighted by molar-refractivity contribution is 0.0933. The van der Waals surface area contributed by atoms with Crippen LogP contribution in [0.2, 0.25) is 0 Å². The van der Waals surface area contributed by atoms with Crippen molar-refractivity contribution in [1.82, 2.24) is 5.32 Å². The molecule has 1 fully saturated rings. The second-order valence-electron chi connectivity index (χ2n) is 4.55. The summed E-state index contributed by atoms with van der Waals surface area (Å²) in [6.07, 6.45) is 4.67. The van der Waals surface area contributed by atoms with Crippen LogP contribution >= 0.6 is 0 Å². The van der Waals surface area contributed by atoms with Gasteiger partial charge in [-0.1, -0.05) is 31.0 Å². The predicted molar refractivity (Wildman–Crippen MR) is 66.9 cm³/mol. The molecule has 1 aliphatic carbocycles. The Hall–Kier alpha value is -1.35. The molecule has 1 saturated carbocycles. The van der Waals surface area contributed by atoms with E-state index in [1.54, 1.807) is 7.11 Å². The lowest BCUT2D eigenvalue weighted by atomic mass is 10.1. The molecule has 0 saturated heterocycles. The Labute approximate surface area is 102 Å². The number of hydrogen-bond acceptors (Lipinski definition) is 2. The molecule has 1 aromatic carbocycles. The SMILES string of the molecule is COCc1ccccc1C(=O)NC1CCCC1. The fraction of sp³-hybridized carbons (Fsp3) is 0.500. The fourth-order valence-corrected chi connectivity index (χ4v) is 2.36. The van der Waals surface area contributed by atoms with E-state index < -0.39 is 0 Å². The van der Waals surface area contributed by atoms with Crippen molar-refractivity contribution >= 4 is 5.91 Å². The lowest BCUT2D eigenvalue weighted by Gasteiger charge is -2.14. The van der Waals surface area contributed by atoms with Crippen LogP contribution in [0.5, 0.6) is 0 Å². The zero-order valence-electron chi connectivity index (χ0n) is 10.2. The van der Waals surface area contributed by atoms with Crippen molar-refractivity contribution in [3.63, 3.8) is 0 Å². The molecule has 1 amide bonds. The standard InChI is InChI=1S/C14H19NO2/c1-17-10-11-6-2-5-9-13(11)14(16)15-12-7-3-4-8-12/h2,5-6,9,12H,3-4,7-8,10H2,1H3,(H,15,16). The number of benzene rings is 1. The predicted octanol–water partition coefficient (Wildman–Crippen LogP) is 2.51. The van der Waals surface area contributed by atoms with Gasteiger partial charge in [-0.15, -0.1) is 0 Å². The van der Waals surface area contributed by atoms with E-state index in [1.165, 1.54) is 12.8 Å². The molecule has 3 nitrogen and oxygen atoms in total. The van der Waals surface area contributed by atoms with Gasteiger partial charge in [0.15, 0.2) is 0 Å². The van der Waals surface area contributed by atoms with Gasteiger partial charge in [0.1, 0.15) is 0 Å². The van der Waals surface area contributed by atoms with Crippen LogP contribution in [-0.4, -0.2) is 19.1 Å². The number of carbonyl (C=O) groups is 1. The Morgan fingerprint density at radius 1 is 1.35 bits per heavy atom. The highest BCUT2D eigenvalue weighted by atomic mass is 16.5. The summed E-state index contributed by atoms with van der Waals surface area (Å²) in [5.41, 5.74) is 1.69. The van der Waals surface area contributed by atoms with Crippen LogP contribution in [0.15, 0.2) is 24.3 Å². The van der Waals surface area contributed by atoms with Gasteiger partial charge in [-0.25, -0.2) is 0 Å². The first-order valence-corrected chi connectivity index (χ1v) is 6.19. The highest BCUT2D eigenvalue weighted by Crippen LogP contribution is 2.19. The summed E-state index contributed by atoms with van der Waals surface area (Å²) in [6, 6.07) is 7.98. The van der Waals surface area contributed by atoms with E-state index in [0.717, 1.165) is 24.0 Å². The maximum absolute atomic E-state index is 12.1. The van der Waals surface area contributed by atoms with Crippen molar-refractivity contribution in [2.75, 3.05) is 7.11 Å². The van der Waals surface area contributed by atoms with E-state index in [0.29, 0.717) is 12.6 Å². The average Bonchev–Trinajstić information content (AvgIpc) is 2.83. The number of hydrogen-bond donors (Lipinski definition) is 1. The number of amides is 1.